The van der Waals surface area contributed by atoms with Crippen LogP contribution in [0.1, 0.15) is 113 Å². The SMILES string of the molecule is Cc1nc2c3cc(C4CCN(C(C)C)CC4)c(=O)n(c3n1)CCCCCCCN1CCC(CC1)C(F)(F)c1cccc(c1)[C@H](C)N2. The van der Waals surface area contributed by atoms with Crippen LogP contribution in [0, 0.1) is 12.8 Å². The van der Waals surface area contributed by atoms with Gasteiger partial charge in [-0.1, -0.05) is 37.5 Å². The fourth-order valence-corrected chi connectivity index (χ4v) is 7.91. The van der Waals surface area contributed by atoms with Crippen molar-refractivity contribution in [2.45, 2.75) is 116 Å². The van der Waals surface area contributed by atoms with Gasteiger partial charge in [0.1, 0.15) is 17.3 Å². The molecule has 0 amide bonds. The number of likely N-dealkylation sites (tertiary alicyclic amines) is 1. The van der Waals surface area contributed by atoms with Gasteiger partial charge in [-0.05, 0) is 123 Å². The highest BCUT2D eigenvalue weighted by atomic mass is 19.3. The first-order chi connectivity index (χ1) is 22.1. The van der Waals surface area contributed by atoms with Gasteiger partial charge in [0.15, 0.2) is 0 Å². The van der Waals surface area contributed by atoms with Crippen molar-refractivity contribution in [3.63, 3.8) is 0 Å². The molecule has 8 bridgehead atoms. The van der Waals surface area contributed by atoms with Crippen molar-refractivity contribution in [1.29, 1.82) is 0 Å². The number of pyridine rings is 1. The highest BCUT2D eigenvalue weighted by Crippen LogP contribution is 2.42. The van der Waals surface area contributed by atoms with E-state index in [1.165, 1.54) is 0 Å². The van der Waals surface area contributed by atoms with Crippen molar-refractivity contribution in [3.8, 4) is 0 Å². The first-order valence-corrected chi connectivity index (χ1v) is 17.7. The molecule has 2 fully saturated rings. The van der Waals surface area contributed by atoms with Gasteiger partial charge in [0.2, 0.25) is 0 Å². The minimum Gasteiger partial charge on any atom is -0.363 e. The Morgan fingerprint density at radius 3 is 2.30 bits per heavy atom. The first kappa shape index (κ1) is 33.0. The van der Waals surface area contributed by atoms with E-state index in [0.29, 0.717) is 42.7 Å². The number of hydrogen-bond donors (Lipinski definition) is 1. The van der Waals surface area contributed by atoms with Crippen molar-refractivity contribution in [1.82, 2.24) is 24.3 Å². The maximum atomic E-state index is 15.9. The van der Waals surface area contributed by atoms with Crippen LogP contribution in [0.5, 0.6) is 0 Å². The van der Waals surface area contributed by atoms with Crippen LogP contribution in [0.3, 0.4) is 0 Å². The largest absolute Gasteiger partial charge is 0.363 e. The standard InChI is InChI=1S/C37H52F2N6O/c1-25(2)44-21-13-28(14-22-44)32-24-33-34-40-26(3)29-11-10-12-31(23-29)37(38,39)30-15-19-43(20-16-30)17-8-6-5-7-9-18-45(36(32)46)35(33)42-27(4)41-34/h10-12,23-26,28,30H,5-9,13-22H2,1-4H3,(H,40,41,42)/t26-/m0/s1. The van der Waals surface area contributed by atoms with E-state index in [4.69, 9.17) is 9.97 Å². The molecule has 7 nitrogen and oxygen atoms in total. The summed E-state index contributed by atoms with van der Waals surface area (Å²) in [4.78, 5) is 28.7. The number of alkyl halides is 2. The van der Waals surface area contributed by atoms with Crippen molar-refractivity contribution >= 4 is 16.9 Å². The number of piperidine rings is 2. The van der Waals surface area contributed by atoms with Crippen LogP contribution >= 0.6 is 0 Å². The topological polar surface area (TPSA) is 66.3 Å². The third-order valence-corrected chi connectivity index (χ3v) is 10.9. The summed E-state index contributed by atoms with van der Waals surface area (Å²) in [5.41, 5.74) is 2.47. The molecule has 46 heavy (non-hydrogen) atoms. The van der Waals surface area contributed by atoms with Gasteiger partial charge in [-0.2, -0.15) is 0 Å². The Kier molecular flexibility index (Phi) is 10.1. The second kappa shape index (κ2) is 14.1. The molecule has 4 aliphatic rings. The van der Waals surface area contributed by atoms with Gasteiger partial charge in [0.05, 0.1) is 5.39 Å². The number of rotatable bonds is 2. The summed E-state index contributed by atoms with van der Waals surface area (Å²) in [7, 11) is 0. The van der Waals surface area contributed by atoms with E-state index in [1.807, 2.05) is 30.5 Å². The maximum Gasteiger partial charge on any atom is 0.276 e. The van der Waals surface area contributed by atoms with E-state index in [9.17, 15) is 4.79 Å². The molecule has 2 aromatic heterocycles. The number of nitrogens with one attached hydrogen (secondary N) is 1. The van der Waals surface area contributed by atoms with Gasteiger partial charge in [-0.15, -0.1) is 0 Å². The molecule has 3 aromatic rings. The van der Waals surface area contributed by atoms with Crippen molar-refractivity contribution in [2.24, 2.45) is 5.92 Å². The quantitative estimate of drug-likeness (QED) is 0.313. The molecule has 0 saturated carbocycles. The van der Waals surface area contributed by atoms with Crippen LogP contribution in [0.25, 0.3) is 11.0 Å². The number of nitrogens with zero attached hydrogens (tertiary/aromatic N) is 5. The molecule has 6 heterocycles. The second-order valence-corrected chi connectivity index (χ2v) is 14.3. The summed E-state index contributed by atoms with van der Waals surface area (Å²) in [6.07, 6.45) is 8.19. The molecule has 250 valence electrons. The Morgan fingerprint density at radius 1 is 0.891 bits per heavy atom. The summed E-state index contributed by atoms with van der Waals surface area (Å²) >= 11 is 0. The summed E-state index contributed by atoms with van der Waals surface area (Å²) < 4.78 is 33.8. The molecule has 7 rings (SSSR count). The lowest BCUT2D eigenvalue weighted by molar-refractivity contribution is -0.0855. The fraction of sp³-hybridized carbons (Fsp3) is 0.649. The van der Waals surface area contributed by atoms with Crippen LogP contribution in [0.2, 0.25) is 0 Å². The Labute approximate surface area is 272 Å². The lowest BCUT2D eigenvalue weighted by Gasteiger charge is -2.36. The smallest absolute Gasteiger partial charge is 0.276 e. The van der Waals surface area contributed by atoms with E-state index in [1.54, 1.807) is 18.2 Å². The van der Waals surface area contributed by atoms with Crippen LogP contribution in [0.4, 0.5) is 14.6 Å². The van der Waals surface area contributed by atoms with Gasteiger partial charge < -0.3 is 15.1 Å². The Bertz CT molecular complexity index is 1560. The average Bonchev–Trinajstić information content (AvgIpc) is 3.05. The van der Waals surface area contributed by atoms with E-state index in [2.05, 4.69) is 29.0 Å². The molecule has 9 heteroatoms. The molecule has 1 atom stereocenters. The molecule has 4 aliphatic heterocycles. The Morgan fingerprint density at radius 2 is 1.59 bits per heavy atom. The van der Waals surface area contributed by atoms with Gasteiger partial charge in [-0.25, -0.2) is 18.7 Å². The third-order valence-electron chi connectivity index (χ3n) is 10.9. The van der Waals surface area contributed by atoms with Crippen LogP contribution < -0.4 is 10.9 Å². The normalized spacial score (nSPS) is 25.4. The number of anilines is 1. The van der Waals surface area contributed by atoms with E-state index >= 15 is 8.78 Å². The zero-order valence-corrected chi connectivity index (χ0v) is 28.2. The molecule has 0 spiro atoms. The number of hydrogen-bond acceptors (Lipinski definition) is 6. The molecule has 0 aliphatic carbocycles. The number of aryl methyl sites for hydroxylation is 2. The molecule has 2 saturated heterocycles. The van der Waals surface area contributed by atoms with E-state index in [0.717, 1.165) is 94.2 Å². The summed E-state index contributed by atoms with van der Waals surface area (Å²) in [6.45, 7) is 13.3. The minimum absolute atomic E-state index is 0.0736. The van der Waals surface area contributed by atoms with Crippen molar-refractivity contribution in [3.05, 3.63) is 63.2 Å². The lowest BCUT2D eigenvalue weighted by Crippen LogP contribution is -2.40. The number of aromatic nitrogens is 3. The predicted molar refractivity (Wildman–Crippen MR) is 182 cm³/mol. The number of benzene rings is 1. The zero-order valence-electron chi connectivity index (χ0n) is 28.2. The predicted octanol–water partition coefficient (Wildman–Crippen LogP) is 7.63. The average molecular weight is 635 g/mol. The maximum absolute atomic E-state index is 15.9. The Hall–Kier alpha value is -2.91. The summed E-state index contributed by atoms with van der Waals surface area (Å²) in [5.74, 6) is -2.11. The highest BCUT2D eigenvalue weighted by molar-refractivity contribution is 5.87. The summed E-state index contributed by atoms with van der Waals surface area (Å²) in [6, 6.07) is 9.17. The van der Waals surface area contributed by atoms with Crippen LogP contribution in [-0.2, 0) is 12.5 Å². The highest BCUT2D eigenvalue weighted by Gasteiger charge is 2.42. The number of halogens is 2. The molecular formula is C37H52F2N6O. The number of fused-ring (bicyclic) bond motifs is 9. The second-order valence-electron chi connectivity index (χ2n) is 14.3. The minimum atomic E-state index is -2.88. The lowest BCUT2D eigenvalue weighted by atomic mass is 9.85. The third kappa shape index (κ3) is 7.01. The fourth-order valence-electron chi connectivity index (χ4n) is 7.91. The molecule has 0 radical (unpaired) electrons. The van der Waals surface area contributed by atoms with E-state index < -0.39 is 11.8 Å². The van der Waals surface area contributed by atoms with Crippen LogP contribution in [-0.4, -0.2) is 63.1 Å². The van der Waals surface area contributed by atoms with E-state index in [-0.39, 0.29) is 23.1 Å². The van der Waals surface area contributed by atoms with Gasteiger partial charge in [0.25, 0.3) is 11.5 Å². The van der Waals surface area contributed by atoms with Crippen molar-refractivity contribution < 1.29 is 8.78 Å². The molecule has 1 N–H and O–H groups in total. The molecule has 0 unspecified atom stereocenters. The van der Waals surface area contributed by atoms with Gasteiger partial charge in [0, 0.05) is 35.7 Å². The zero-order chi connectivity index (χ0) is 32.4. The Balaban J connectivity index is 1.39. The molecule has 1 aromatic carbocycles. The van der Waals surface area contributed by atoms with Crippen LogP contribution in [0.15, 0.2) is 35.1 Å². The van der Waals surface area contributed by atoms with Gasteiger partial charge in [-0.3, -0.25) is 9.36 Å². The summed E-state index contributed by atoms with van der Waals surface area (Å²) in [5, 5.41) is 4.39. The van der Waals surface area contributed by atoms with Crippen molar-refractivity contribution in [2.75, 3.05) is 38.0 Å². The first-order valence-electron chi connectivity index (χ1n) is 17.7. The molecular weight excluding hydrogens is 582 g/mol. The van der Waals surface area contributed by atoms with Gasteiger partial charge >= 0.3 is 0 Å². The monoisotopic (exact) mass is 634 g/mol.